The minimum atomic E-state index is -0.330. The van der Waals surface area contributed by atoms with Crippen LogP contribution in [0.1, 0.15) is 45.1 Å². The second-order valence-electron chi connectivity index (χ2n) is 4.96. The van der Waals surface area contributed by atoms with E-state index in [1.54, 1.807) is 6.07 Å². The molecule has 0 amide bonds. The summed E-state index contributed by atoms with van der Waals surface area (Å²) in [5.74, 6) is 0.319. The van der Waals surface area contributed by atoms with Crippen LogP contribution in [0.3, 0.4) is 0 Å². The van der Waals surface area contributed by atoms with Crippen LogP contribution in [0.25, 0.3) is 5.70 Å². The van der Waals surface area contributed by atoms with Crippen molar-refractivity contribution in [1.82, 2.24) is 5.32 Å². The monoisotopic (exact) mass is 283 g/mol. The lowest BCUT2D eigenvalue weighted by Gasteiger charge is -2.18. The molecule has 19 heavy (non-hydrogen) atoms. The topological polar surface area (TPSA) is 12.0 Å². The molecule has 106 valence electrons. The van der Waals surface area contributed by atoms with Gasteiger partial charge >= 0.3 is 0 Å². The van der Waals surface area contributed by atoms with E-state index in [1.165, 1.54) is 37.8 Å². The Kier molecular flexibility index (Phi) is 6.93. The molecular formula is C16H23ClFN. The molecule has 1 aromatic rings. The Bertz CT molecular complexity index is 391. The Hall–Kier alpha value is -1.02. The van der Waals surface area contributed by atoms with Gasteiger partial charge in [0.1, 0.15) is 5.82 Å². The van der Waals surface area contributed by atoms with Gasteiger partial charge in [0.2, 0.25) is 0 Å². The first kappa shape index (κ1) is 16.0. The van der Waals surface area contributed by atoms with Crippen molar-refractivity contribution in [3.63, 3.8) is 0 Å². The fraction of sp³-hybridized carbons (Fsp3) is 0.500. The van der Waals surface area contributed by atoms with Crippen LogP contribution in [0.5, 0.6) is 0 Å². The van der Waals surface area contributed by atoms with Crippen LogP contribution in [-0.2, 0) is 0 Å². The molecule has 0 saturated heterocycles. The van der Waals surface area contributed by atoms with Gasteiger partial charge in [-0.05, 0) is 37.0 Å². The molecule has 0 spiro atoms. The zero-order valence-electron chi connectivity index (χ0n) is 11.8. The van der Waals surface area contributed by atoms with Gasteiger partial charge in [0.05, 0.1) is 0 Å². The summed E-state index contributed by atoms with van der Waals surface area (Å²) in [5, 5.41) is 3.70. The Morgan fingerprint density at radius 1 is 1.26 bits per heavy atom. The molecule has 0 saturated carbocycles. The zero-order chi connectivity index (χ0) is 14.3. The van der Waals surface area contributed by atoms with Crippen molar-refractivity contribution >= 4 is 17.3 Å². The van der Waals surface area contributed by atoms with Crippen molar-refractivity contribution in [3.05, 3.63) is 41.2 Å². The standard InChI is InChI=1S/C16H23ClFN/c1-4-6-13(7-5-2)11-19-12(3)14-8-15(17)10-16(18)9-14/h8-10,13,19H,3-7,11H2,1-2H3. The summed E-state index contributed by atoms with van der Waals surface area (Å²) >= 11 is 5.85. The molecule has 0 aliphatic carbocycles. The van der Waals surface area contributed by atoms with E-state index in [9.17, 15) is 4.39 Å². The molecule has 1 aromatic carbocycles. The van der Waals surface area contributed by atoms with Crippen molar-refractivity contribution in [2.24, 2.45) is 5.92 Å². The van der Waals surface area contributed by atoms with Gasteiger partial charge < -0.3 is 5.32 Å². The van der Waals surface area contributed by atoms with Crippen molar-refractivity contribution in [2.45, 2.75) is 39.5 Å². The van der Waals surface area contributed by atoms with Gasteiger partial charge in [-0.1, -0.05) is 44.9 Å². The third kappa shape index (κ3) is 5.65. The molecule has 0 unspecified atom stereocenters. The highest BCUT2D eigenvalue weighted by atomic mass is 35.5. The third-order valence-electron chi connectivity index (χ3n) is 3.21. The third-order valence-corrected chi connectivity index (χ3v) is 3.43. The van der Waals surface area contributed by atoms with Gasteiger partial charge in [-0.25, -0.2) is 4.39 Å². The van der Waals surface area contributed by atoms with Crippen LogP contribution in [0.15, 0.2) is 24.8 Å². The maximum Gasteiger partial charge on any atom is 0.125 e. The largest absolute Gasteiger partial charge is 0.385 e. The van der Waals surface area contributed by atoms with Gasteiger partial charge in [-0.3, -0.25) is 0 Å². The molecular weight excluding hydrogens is 261 g/mol. The first-order valence-electron chi connectivity index (χ1n) is 6.96. The number of halogens is 2. The van der Waals surface area contributed by atoms with Crippen molar-refractivity contribution < 1.29 is 4.39 Å². The Morgan fingerprint density at radius 3 is 2.42 bits per heavy atom. The zero-order valence-corrected chi connectivity index (χ0v) is 12.6. The van der Waals surface area contributed by atoms with E-state index >= 15 is 0 Å². The summed E-state index contributed by atoms with van der Waals surface area (Å²) in [5.41, 5.74) is 1.45. The van der Waals surface area contributed by atoms with Crippen molar-refractivity contribution in [2.75, 3.05) is 6.54 Å². The molecule has 1 nitrogen and oxygen atoms in total. The maximum atomic E-state index is 13.3. The van der Waals surface area contributed by atoms with E-state index in [0.29, 0.717) is 10.9 Å². The van der Waals surface area contributed by atoms with E-state index < -0.39 is 0 Å². The predicted molar refractivity (Wildman–Crippen MR) is 81.8 cm³/mol. The molecule has 1 rings (SSSR count). The van der Waals surface area contributed by atoms with Gasteiger partial charge in [0.25, 0.3) is 0 Å². The van der Waals surface area contributed by atoms with Crippen LogP contribution in [0.4, 0.5) is 4.39 Å². The average molecular weight is 284 g/mol. The average Bonchev–Trinajstić information content (AvgIpc) is 2.35. The van der Waals surface area contributed by atoms with Gasteiger partial charge in [-0.2, -0.15) is 0 Å². The maximum absolute atomic E-state index is 13.3. The molecule has 0 atom stereocenters. The summed E-state index contributed by atoms with van der Waals surface area (Å²) in [6.45, 7) is 9.24. The lowest BCUT2D eigenvalue weighted by molar-refractivity contribution is 0.433. The number of benzene rings is 1. The summed E-state index contributed by atoms with van der Waals surface area (Å²) < 4.78 is 13.3. The van der Waals surface area contributed by atoms with E-state index in [-0.39, 0.29) is 5.82 Å². The van der Waals surface area contributed by atoms with Gasteiger partial charge in [0, 0.05) is 22.8 Å². The van der Waals surface area contributed by atoms with Gasteiger partial charge in [0.15, 0.2) is 0 Å². The van der Waals surface area contributed by atoms with E-state index in [1.807, 2.05) is 0 Å². The highest BCUT2D eigenvalue weighted by molar-refractivity contribution is 6.30. The summed E-state index contributed by atoms with van der Waals surface area (Å²) in [4.78, 5) is 0. The number of hydrogen-bond acceptors (Lipinski definition) is 1. The lowest BCUT2D eigenvalue weighted by atomic mass is 9.98. The van der Waals surface area contributed by atoms with Gasteiger partial charge in [-0.15, -0.1) is 0 Å². The predicted octanol–water partition coefficient (Wildman–Crippen LogP) is 5.26. The van der Waals surface area contributed by atoms with Crippen molar-refractivity contribution in [1.29, 1.82) is 0 Å². The number of rotatable bonds is 8. The molecule has 0 fully saturated rings. The molecule has 0 aromatic heterocycles. The van der Waals surface area contributed by atoms with Crippen LogP contribution in [0, 0.1) is 11.7 Å². The number of hydrogen-bond donors (Lipinski definition) is 1. The molecule has 0 heterocycles. The summed E-state index contributed by atoms with van der Waals surface area (Å²) in [7, 11) is 0. The lowest BCUT2D eigenvalue weighted by Crippen LogP contribution is -2.21. The van der Waals surface area contributed by atoms with E-state index in [2.05, 4.69) is 25.7 Å². The molecule has 0 aliphatic rings. The molecule has 3 heteroatoms. The van der Waals surface area contributed by atoms with Crippen LogP contribution >= 0.6 is 11.6 Å². The van der Waals surface area contributed by atoms with Crippen LogP contribution < -0.4 is 5.32 Å². The highest BCUT2D eigenvalue weighted by Crippen LogP contribution is 2.19. The SMILES string of the molecule is C=C(NCC(CCC)CCC)c1cc(F)cc(Cl)c1. The fourth-order valence-electron chi connectivity index (χ4n) is 2.26. The molecule has 1 N–H and O–H groups in total. The summed E-state index contributed by atoms with van der Waals surface area (Å²) in [6, 6.07) is 4.49. The summed E-state index contributed by atoms with van der Waals surface area (Å²) in [6.07, 6.45) is 4.78. The van der Waals surface area contributed by atoms with E-state index in [4.69, 9.17) is 11.6 Å². The molecule has 0 radical (unpaired) electrons. The Balaban J connectivity index is 2.58. The van der Waals surface area contributed by atoms with Crippen LogP contribution in [-0.4, -0.2) is 6.54 Å². The normalized spacial score (nSPS) is 10.8. The molecule has 0 bridgehead atoms. The van der Waals surface area contributed by atoms with E-state index in [0.717, 1.165) is 17.8 Å². The molecule has 0 aliphatic heterocycles. The first-order chi connectivity index (χ1) is 9.06. The highest BCUT2D eigenvalue weighted by Gasteiger charge is 2.08. The second-order valence-corrected chi connectivity index (χ2v) is 5.40. The van der Waals surface area contributed by atoms with Crippen molar-refractivity contribution in [3.8, 4) is 0 Å². The number of nitrogens with one attached hydrogen (secondary N) is 1. The Labute approximate surface area is 120 Å². The Morgan fingerprint density at radius 2 is 1.89 bits per heavy atom. The fourth-order valence-corrected chi connectivity index (χ4v) is 2.48. The first-order valence-corrected chi connectivity index (χ1v) is 7.33. The smallest absolute Gasteiger partial charge is 0.125 e. The minimum absolute atomic E-state index is 0.330. The minimum Gasteiger partial charge on any atom is -0.385 e. The van der Waals surface area contributed by atoms with Crippen LogP contribution in [0.2, 0.25) is 5.02 Å². The second kappa shape index (κ2) is 8.21. The quantitative estimate of drug-likeness (QED) is 0.686.